The number of thiazole rings is 1. The van der Waals surface area contributed by atoms with Crippen LogP contribution in [0.3, 0.4) is 0 Å². The zero-order chi connectivity index (χ0) is 21.5. The van der Waals surface area contributed by atoms with Crippen molar-refractivity contribution < 1.29 is 19.1 Å². The second-order valence-electron chi connectivity index (χ2n) is 7.55. The lowest BCUT2D eigenvalue weighted by Gasteiger charge is -2.36. The second-order valence-corrected chi connectivity index (χ2v) is 9.85. The summed E-state index contributed by atoms with van der Waals surface area (Å²) in [4.78, 5) is 29.8. The summed E-state index contributed by atoms with van der Waals surface area (Å²) in [5.41, 5.74) is 0.598. The fourth-order valence-corrected chi connectivity index (χ4v) is 5.21. The first-order valence-electron chi connectivity index (χ1n) is 10.0. The molecule has 162 valence electrons. The fourth-order valence-electron chi connectivity index (χ4n) is 3.63. The van der Waals surface area contributed by atoms with E-state index in [1.54, 1.807) is 24.4 Å². The number of halogens is 1. The number of carboxylic acids is 1. The molecule has 1 heterocycles. The topological polar surface area (TPSA) is 82.5 Å². The van der Waals surface area contributed by atoms with Crippen molar-refractivity contribution >= 4 is 40.2 Å². The first-order valence-corrected chi connectivity index (χ1v) is 11.8. The maximum absolute atomic E-state index is 14.0. The van der Waals surface area contributed by atoms with E-state index in [9.17, 15) is 14.0 Å². The van der Waals surface area contributed by atoms with Gasteiger partial charge in [-0.1, -0.05) is 36.5 Å². The van der Waals surface area contributed by atoms with Crippen LogP contribution in [0.25, 0.3) is 0 Å². The van der Waals surface area contributed by atoms with Gasteiger partial charge in [-0.3, -0.25) is 10.1 Å². The van der Waals surface area contributed by atoms with Gasteiger partial charge >= 0.3 is 12.0 Å². The van der Waals surface area contributed by atoms with Gasteiger partial charge in [0.15, 0.2) is 5.13 Å². The van der Waals surface area contributed by atoms with Crippen LogP contribution in [0.1, 0.15) is 38.2 Å². The van der Waals surface area contributed by atoms with Crippen molar-refractivity contribution in [1.82, 2.24) is 9.88 Å². The van der Waals surface area contributed by atoms with Crippen LogP contribution < -0.4 is 5.32 Å². The molecule has 6 nitrogen and oxygen atoms in total. The number of nitrogens with zero attached hydrogens (tertiary/aromatic N) is 2. The molecule has 0 bridgehead atoms. The highest BCUT2D eigenvalue weighted by Gasteiger charge is 2.28. The Hall–Kier alpha value is -2.13. The van der Waals surface area contributed by atoms with Gasteiger partial charge in [0.05, 0.1) is 16.2 Å². The third-order valence-electron chi connectivity index (χ3n) is 5.30. The van der Waals surface area contributed by atoms with Crippen molar-refractivity contribution in [3.8, 4) is 0 Å². The number of urea groups is 1. The first-order chi connectivity index (χ1) is 14.4. The maximum Gasteiger partial charge on any atom is 0.323 e. The van der Waals surface area contributed by atoms with Crippen LogP contribution in [0, 0.1) is 11.7 Å². The summed E-state index contributed by atoms with van der Waals surface area (Å²) >= 11 is 2.43. The molecular formula is C21H26FN3O3S2. The van der Waals surface area contributed by atoms with E-state index in [1.807, 2.05) is 4.90 Å². The van der Waals surface area contributed by atoms with Crippen LogP contribution in [-0.4, -0.2) is 45.3 Å². The minimum Gasteiger partial charge on any atom is -0.481 e. The highest BCUT2D eigenvalue weighted by Crippen LogP contribution is 2.30. The van der Waals surface area contributed by atoms with E-state index in [4.69, 9.17) is 5.11 Å². The Morgan fingerprint density at radius 2 is 2.03 bits per heavy atom. The number of hydrogen-bond acceptors (Lipinski definition) is 5. The Kier molecular flexibility index (Phi) is 8.09. The van der Waals surface area contributed by atoms with E-state index < -0.39 is 5.97 Å². The van der Waals surface area contributed by atoms with Crippen molar-refractivity contribution in [2.45, 2.75) is 49.3 Å². The normalized spacial score (nSPS) is 18.7. The molecule has 0 atom stereocenters. The average Bonchev–Trinajstić information content (AvgIpc) is 3.16. The molecule has 9 heteroatoms. The number of benzene rings is 1. The highest BCUT2D eigenvalue weighted by atomic mass is 32.2. The minimum absolute atomic E-state index is 0.0510. The number of anilines is 1. The van der Waals surface area contributed by atoms with Gasteiger partial charge in [0.2, 0.25) is 0 Å². The number of carbonyl (C=O) groups is 2. The monoisotopic (exact) mass is 451 g/mol. The smallest absolute Gasteiger partial charge is 0.323 e. The van der Waals surface area contributed by atoms with Gasteiger partial charge in [0, 0.05) is 12.6 Å². The number of carboxylic acid groups (broad SMARTS) is 1. The zero-order valence-electron chi connectivity index (χ0n) is 16.8. The summed E-state index contributed by atoms with van der Waals surface area (Å²) < 4.78 is 14.8. The van der Waals surface area contributed by atoms with E-state index in [0.717, 1.165) is 29.9 Å². The van der Waals surface area contributed by atoms with Gasteiger partial charge in [-0.25, -0.2) is 14.2 Å². The van der Waals surface area contributed by atoms with Crippen LogP contribution in [0.15, 0.2) is 34.7 Å². The van der Waals surface area contributed by atoms with Crippen molar-refractivity contribution in [1.29, 1.82) is 0 Å². The summed E-state index contributed by atoms with van der Waals surface area (Å²) in [7, 11) is 0. The molecule has 2 N–H and O–H groups in total. The number of thioether (sulfide) groups is 1. The van der Waals surface area contributed by atoms with Crippen LogP contribution in [0.4, 0.5) is 14.3 Å². The van der Waals surface area contributed by atoms with Gasteiger partial charge in [-0.05, 0) is 49.7 Å². The molecule has 1 aromatic carbocycles. The SMILES string of the molecule is C[C@H]1CC[C@H](N(CCc2ccccc2F)C(=O)Nc2ncc(SCC(=O)O)s2)CC1. The maximum atomic E-state index is 14.0. The first kappa shape index (κ1) is 22.6. The molecule has 0 aliphatic heterocycles. The fraction of sp³-hybridized carbons (Fsp3) is 0.476. The molecule has 0 radical (unpaired) electrons. The molecular weight excluding hydrogens is 425 g/mol. The van der Waals surface area contributed by atoms with Gasteiger partial charge < -0.3 is 10.0 Å². The highest BCUT2D eigenvalue weighted by molar-refractivity contribution is 8.01. The number of rotatable bonds is 8. The Labute approximate surface area is 183 Å². The molecule has 1 aliphatic rings. The van der Waals surface area contributed by atoms with Crippen molar-refractivity contribution in [3.05, 3.63) is 41.8 Å². The molecule has 1 aromatic heterocycles. The van der Waals surface area contributed by atoms with E-state index >= 15 is 0 Å². The quantitative estimate of drug-likeness (QED) is 0.545. The molecule has 1 aliphatic carbocycles. The molecule has 30 heavy (non-hydrogen) atoms. The standard InChI is InChI=1S/C21H26FN3O3S2/c1-14-6-8-16(9-7-14)25(11-10-15-4-2-3-5-17(15)22)21(28)24-20-23-12-19(30-20)29-13-18(26)27/h2-5,12,14,16H,6-11,13H2,1H3,(H,26,27)(H,23,24,28)/t14-,16-. The van der Waals surface area contributed by atoms with Gasteiger partial charge in [-0.15, -0.1) is 11.8 Å². The second kappa shape index (κ2) is 10.8. The minimum atomic E-state index is -0.898. The summed E-state index contributed by atoms with van der Waals surface area (Å²) in [5.74, 6) is -0.546. The predicted molar refractivity (Wildman–Crippen MR) is 118 cm³/mol. The average molecular weight is 452 g/mol. The molecule has 0 saturated heterocycles. The lowest BCUT2D eigenvalue weighted by Crippen LogP contribution is -2.45. The molecule has 1 fully saturated rings. The molecule has 0 spiro atoms. The summed E-state index contributed by atoms with van der Waals surface area (Å²) in [6, 6.07) is 6.53. The Morgan fingerprint density at radius 1 is 1.30 bits per heavy atom. The number of carbonyl (C=O) groups excluding carboxylic acids is 1. The number of aromatic nitrogens is 1. The molecule has 3 rings (SSSR count). The lowest BCUT2D eigenvalue weighted by atomic mass is 9.86. The third-order valence-corrected chi connectivity index (χ3v) is 7.40. The van der Waals surface area contributed by atoms with Crippen LogP contribution >= 0.6 is 23.1 Å². The van der Waals surface area contributed by atoms with Crippen molar-refractivity contribution in [3.63, 3.8) is 0 Å². The van der Waals surface area contributed by atoms with Gasteiger partial charge in [0.25, 0.3) is 0 Å². The van der Waals surface area contributed by atoms with Crippen LogP contribution in [0.5, 0.6) is 0 Å². The predicted octanol–water partition coefficient (Wildman–Crippen LogP) is 5.11. The summed E-state index contributed by atoms with van der Waals surface area (Å²) in [5, 5.41) is 12.1. The summed E-state index contributed by atoms with van der Waals surface area (Å²) in [6.07, 6.45) is 6.03. The van der Waals surface area contributed by atoms with Gasteiger partial charge in [0.1, 0.15) is 5.82 Å². The number of amides is 2. The molecule has 0 unspecified atom stereocenters. The molecule has 1 saturated carbocycles. The third kappa shape index (κ3) is 6.43. The van der Waals surface area contributed by atoms with Crippen molar-refractivity contribution in [2.24, 2.45) is 5.92 Å². The Bertz CT molecular complexity index is 869. The molecule has 2 amide bonds. The number of nitrogens with one attached hydrogen (secondary N) is 1. The van der Waals surface area contributed by atoms with Crippen molar-refractivity contribution in [2.75, 3.05) is 17.6 Å². The number of aliphatic carboxylic acids is 1. The number of hydrogen-bond donors (Lipinski definition) is 2. The van der Waals surface area contributed by atoms with Crippen LogP contribution in [0.2, 0.25) is 0 Å². The van der Waals surface area contributed by atoms with E-state index in [-0.39, 0.29) is 23.6 Å². The van der Waals surface area contributed by atoms with E-state index in [0.29, 0.717) is 29.6 Å². The van der Waals surface area contributed by atoms with Gasteiger partial charge in [-0.2, -0.15) is 0 Å². The molecule has 2 aromatic rings. The van der Waals surface area contributed by atoms with E-state index in [2.05, 4.69) is 17.2 Å². The zero-order valence-corrected chi connectivity index (χ0v) is 18.5. The summed E-state index contributed by atoms with van der Waals surface area (Å²) in [6.45, 7) is 2.66. The Balaban J connectivity index is 1.66. The van der Waals surface area contributed by atoms with Crippen LogP contribution in [-0.2, 0) is 11.2 Å². The van der Waals surface area contributed by atoms with E-state index in [1.165, 1.54) is 29.2 Å². The Morgan fingerprint density at radius 3 is 2.73 bits per heavy atom. The lowest BCUT2D eigenvalue weighted by molar-refractivity contribution is -0.133. The largest absolute Gasteiger partial charge is 0.481 e.